The van der Waals surface area contributed by atoms with E-state index in [1.54, 1.807) is 0 Å². The summed E-state index contributed by atoms with van der Waals surface area (Å²) in [7, 11) is 1.46. The molecule has 112 valence electrons. The van der Waals surface area contributed by atoms with Gasteiger partial charge in [-0.3, -0.25) is 0 Å². The smallest absolute Gasteiger partial charge is 0.354 e. The maximum absolute atomic E-state index is 11.9. The van der Waals surface area contributed by atoms with Gasteiger partial charge in [-0.1, -0.05) is 39.0 Å². The van der Waals surface area contributed by atoms with Crippen LogP contribution in [0.4, 0.5) is 0 Å². The zero-order chi connectivity index (χ0) is 14.5. The molecule has 1 heterocycles. The van der Waals surface area contributed by atoms with Crippen molar-refractivity contribution >= 4 is 5.97 Å². The van der Waals surface area contributed by atoms with Gasteiger partial charge in [0.15, 0.2) is 0 Å². The third-order valence-corrected chi connectivity index (χ3v) is 4.65. The number of esters is 1. The van der Waals surface area contributed by atoms with Crippen molar-refractivity contribution in [2.24, 2.45) is 5.92 Å². The number of methoxy groups -OCH3 is 1. The van der Waals surface area contributed by atoms with Crippen molar-refractivity contribution in [3.8, 4) is 0 Å². The van der Waals surface area contributed by atoms with E-state index in [9.17, 15) is 4.79 Å². The van der Waals surface area contributed by atoms with E-state index in [4.69, 9.17) is 4.74 Å². The standard InChI is InChI=1S/C17H27NO2/c1-4-13(2)18-15(10-11-16(18)17(19)20-3)12-14-8-6-5-7-9-14/h10-11,13-14H,4-9,12H2,1-3H3. The summed E-state index contributed by atoms with van der Waals surface area (Å²) in [6, 6.07) is 4.39. The molecule has 1 aliphatic carbocycles. The Bertz CT molecular complexity index is 444. The highest BCUT2D eigenvalue weighted by molar-refractivity contribution is 5.87. The van der Waals surface area contributed by atoms with Gasteiger partial charge >= 0.3 is 5.97 Å². The molecule has 0 spiro atoms. The second kappa shape index (κ2) is 6.96. The highest BCUT2D eigenvalue weighted by Crippen LogP contribution is 2.29. The van der Waals surface area contributed by atoms with Crippen LogP contribution in [-0.2, 0) is 11.2 Å². The topological polar surface area (TPSA) is 31.2 Å². The first kappa shape index (κ1) is 15.1. The third-order valence-electron chi connectivity index (χ3n) is 4.65. The fourth-order valence-corrected chi connectivity index (χ4v) is 3.32. The lowest BCUT2D eigenvalue weighted by molar-refractivity contribution is 0.0585. The van der Waals surface area contributed by atoms with Crippen LogP contribution in [0.5, 0.6) is 0 Å². The van der Waals surface area contributed by atoms with Crippen molar-refractivity contribution in [1.82, 2.24) is 4.57 Å². The molecule has 0 amide bonds. The molecule has 0 aromatic carbocycles. The van der Waals surface area contributed by atoms with Crippen LogP contribution in [0.2, 0.25) is 0 Å². The third kappa shape index (κ3) is 3.25. The normalized spacial score (nSPS) is 17.9. The van der Waals surface area contributed by atoms with Crippen molar-refractivity contribution < 1.29 is 9.53 Å². The first-order valence-electron chi connectivity index (χ1n) is 7.95. The maximum Gasteiger partial charge on any atom is 0.354 e. The lowest BCUT2D eigenvalue weighted by atomic mass is 9.86. The molecule has 2 rings (SSSR count). The van der Waals surface area contributed by atoms with E-state index < -0.39 is 0 Å². The van der Waals surface area contributed by atoms with Crippen molar-refractivity contribution in [2.45, 2.75) is 64.8 Å². The predicted molar refractivity (Wildman–Crippen MR) is 81.1 cm³/mol. The summed E-state index contributed by atoms with van der Waals surface area (Å²) >= 11 is 0. The Balaban J connectivity index is 2.22. The molecule has 1 aliphatic rings. The number of ether oxygens (including phenoxy) is 1. The number of hydrogen-bond acceptors (Lipinski definition) is 2. The van der Waals surface area contributed by atoms with Crippen LogP contribution in [0.15, 0.2) is 12.1 Å². The van der Waals surface area contributed by atoms with Gasteiger partial charge in [0.1, 0.15) is 5.69 Å². The second-order valence-electron chi connectivity index (χ2n) is 6.04. The summed E-state index contributed by atoms with van der Waals surface area (Å²) in [5.41, 5.74) is 2.00. The van der Waals surface area contributed by atoms with Crippen molar-refractivity contribution in [2.75, 3.05) is 7.11 Å². The van der Waals surface area contributed by atoms with E-state index in [-0.39, 0.29) is 5.97 Å². The SMILES string of the molecule is CCC(C)n1c(CC2CCCCC2)ccc1C(=O)OC. The largest absolute Gasteiger partial charge is 0.464 e. The van der Waals surface area contributed by atoms with Gasteiger partial charge < -0.3 is 9.30 Å². The van der Waals surface area contributed by atoms with E-state index in [1.165, 1.54) is 44.9 Å². The molecule has 20 heavy (non-hydrogen) atoms. The number of aromatic nitrogens is 1. The van der Waals surface area contributed by atoms with Gasteiger partial charge in [0, 0.05) is 11.7 Å². The molecule has 3 nitrogen and oxygen atoms in total. The molecule has 3 heteroatoms. The summed E-state index contributed by atoms with van der Waals surface area (Å²) in [5.74, 6) is 0.562. The highest BCUT2D eigenvalue weighted by Gasteiger charge is 2.21. The molecule has 0 aliphatic heterocycles. The molecule has 0 saturated heterocycles. The fraction of sp³-hybridized carbons (Fsp3) is 0.706. The number of hydrogen-bond donors (Lipinski definition) is 0. The lowest BCUT2D eigenvalue weighted by Crippen LogP contribution is -2.18. The monoisotopic (exact) mass is 277 g/mol. The van der Waals surface area contributed by atoms with Gasteiger partial charge in [0.2, 0.25) is 0 Å². The van der Waals surface area contributed by atoms with Gasteiger partial charge in [0.05, 0.1) is 7.11 Å². The van der Waals surface area contributed by atoms with Crippen LogP contribution in [0, 0.1) is 5.92 Å². The molecular formula is C17H27NO2. The van der Waals surface area contributed by atoms with Gasteiger partial charge in [0.25, 0.3) is 0 Å². The minimum atomic E-state index is -0.222. The van der Waals surface area contributed by atoms with Crippen molar-refractivity contribution in [3.63, 3.8) is 0 Å². The predicted octanol–water partition coefficient (Wildman–Crippen LogP) is 4.37. The summed E-state index contributed by atoms with van der Waals surface area (Å²) in [5, 5.41) is 0. The average Bonchev–Trinajstić information content (AvgIpc) is 2.90. The summed E-state index contributed by atoms with van der Waals surface area (Å²) in [6.45, 7) is 4.34. The van der Waals surface area contributed by atoms with Gasteiger partial charge in [-0.15, -0.1) is 0 Å². The summed E-state index contributed by atoms with van der Waals surface area (Å²) < 4.78 is 7.11. The molecule has 1 fully saturated rings. The van der Waals surface area contributed by atoms with Crippen LogP contribution < -0.4 is 0 Å². The zero-order valence-corrected chi connectivity index (χ0v) is 13.0. The Morgan fingerprint density at radius 1 is 1.35 bits per heavy atom. The average molecular weight is 277 g/mol. The molecule has 1 aromatic heterocycles. The number of carbonyl (C=O) groups is 1. The van der Waals surface area contributed by atoms with Gasteiger partial charge in [-0.2, -0.15) is 0 Å². The zero-order valence-electron chi connectivity index (χ0n) is 13.0. The number of nitrogens with zero attached hydrogens (tertiary/aromatic N) is 1. The Morgan fingerprint density at radius 2 is 2.05 bits per heavy atom. The van der Waals surface area contributed by atoms with Crippen LogP contribution in [-0.4, -0.2) is 17.6 Å². The Kier molecular flexibility index (Phi) is 5.27. The van der Waals surface area contributed by atoms with Crippen LogP contribution in [0.1, 0.15) is 74.6 Å². The molecule has 0 radical (unpaired) electrons. The maximum atomic E-state index is 11.9. The quantitative estimate of drug-likeness (QED) is 0.748. The molecule has 1 atom stereocenters. The van der Waals surface area contributed by atoms with E-state index >= 15 is 0 Å². The first-order chi connectivity index (χ1) is 9.67. The molecule has 0 N–H and O–H groups in total. The van der Waals surface area contributed by atoms with E-state index in [1.807, 2.05) is 6.07 Å². The Morgan fingerprint density at radius 3 is 2.65 bits per heavy atom. The van der Waals surface area contributed by atoms with Crippen molar-refractivity contribution in [3.05, 3.63) is 23.5 Å². The van der Waals surface area contributed by atoms with E-state index in [0.717, 1.165) is 18.8 Å². The van der Waals surface area contributed by atoms with Crippen LogP contribution >= 0.6 is 0 Å². The highest BCUT2D eigenvalue weighted by atomic mass is 16.5. The van der Waals surface area contributed by atoms with Crippen molar-refractivity contribution in [1.29, 1.82) is 0 Å². The Hall–Kier alpha value is -1.25. The van der Waals surface area contributed by atoms with E-state index in [2.05, 4.69) is 24.5 Å². The van der Waals surface area contributed by atoms with Gasteiger partial charge in [-0.05, 0) is 37.8 Å². The summed E-state index contributed by atoms with van der Waals surface area (Å²) in [6.07, 6.45) is 8.89. The molecule has 1 unspecified atom stereocenters. The molecule has 0 bridgehead atoms. The first-order valence-corrected chi connectivity index (χ1v) is 7.95. The Labute approximate surface area is 122 Å². The second-order valence-corrected chi connectivity index (χ2v) is 6.04. The van der Waals surface area contributed by atoms with Crippen LogP contribution in [0.25, 0.3) is 0 Å². The van der Waals surface area contributed by atoms with Gasteiger partial charge in [-0.25, -0.2) is 4.79 Å². The van der Waals surface area contributed by atoms with Crippen LogP contribution in [0.3, 0.4) is 0 Å². The lowest BCUT2D eigenvalue weighted by Gasteiger charge is -2.24. The summed E-state index contributed by atoms with van der Waals surface area (Å²) in [4.78, 5) is 11.9. The molecule has 1 aromatic rings. The minimum absolute atomic E-state index is 0.222. The number of rotatable bonds is 5. The van der Waals surface area contributed by atoms with E-state index in [0.29, 0.717) is 11.7 Å². The fourth-order valence-electron chi connectivity index (χ4n) is 3.32. The minimum Gasteiger partial charge on any atom is -0.464 e. The molecule has 1 saturated carbocycles. The molecular weight excluding hydrogens is 250 g/mol. The number of carbonyl (C=O) groups excluding carboxylic acids is 1.